The topological polar surface area (TPSA) is 68.7 Å². The van der Waals surface area contributed by atoms with Crippen molar-refractivity contribution in [2.45, 2.75) is 18.9 Å². The zero-order valence-electron chi connectivity index (χ0n) is 11.5. The van der Waals surface area contributed by atoms with Gasteiger partial charge in [0.25, 0.3) is 0 Å². The lowest BCUT2D eigenvalue weighted by Crippen LogP contribution is -2.32. The van der Waals surface area contributed by atoms with Gasteiger partial charge in [-0.05, 0) is 18.6 Å². The van der Waals surface area contributed by atoms with E-state index in [2.05, 4.69) is 0 Å². The second kappa shape index (κ2) is 5.17. The average Bonchev–Trinajstić information content (AvgIpc) is 3.05. The lowest BCUT2D eigenvalue weighted by molar-refractivity contribution is -0.129. The lowest BCUT2D eigenvalue weighted by Gasteiger charge is -2.15. The van der Waals surface area contributed by atoms with Gasteiger partial charge >= 0.3 is 0 Å². The molecular weight excluding hydrogens is 256 g/mol. The third-order valence-electron chi connectivity index (χ3n) is 3.78. The zero-order chi connectivity index (χ0) is 14.1. The molecule has 0 saturated carbocycles. The maximum absolute atomic E-state index is 12.2. The van der Waals surface area contributed by atoms with Gasteiger partial charge in [0.1, 0.15) is 11.3 Å². The molecule has 2 heterocycles. The van der Waals surface area contributed by atoms with Crippen LogP contribution in [0.1, 0.15) is 12.0 Å². The summed E-state index contributed by atoms with van der Waals surface area (Å²) in [6.07, 6.45) is 2.89. The van der Waals surface area contributed by atoms with Gasteiger partial charge in [-0.3, -0.25) is 4.79 Å². The second-order valence-corrected chi connectivity index (χ2v) is 5.19. The Morgan fingerprint density at radius 1 is 1.55 bits per heavy atom. The van der Waals surface area contributed by atoms with Crippen molar-refractivity contribution in [3.05, 3.63) is 30.0 Å². The Kier molecular flexibility index (Phi) is 3.36. The van der Waals surface area contributed by atoms with Gasteiger partial charge < -0.3 is 19.8 Å². The standard InChI is InChI=1S/C15H18N2O3/c1-19-12-2-3-13-10(9-20-14(13)7-12)6-15(18)17-5-4-11(16)8-17/h2-3,7,9,11H,4-6,8,16H2,1H3/t11-/m1/s1. The average molecular weight is 274 g/mol. The van der Waals surface area contributed by atoms with E-state index in [4.69, 9.17) is 14.9 Å². The number of carbonyl (C=O) groups excluding carboxylic acids is 1. The molecular formula is C15H18N2O3. The summed E-state index contributed by atoms with van der Waals surface area (Å²) in [6.45, 7) is 1.41. The van der Waals surface area contributed by atoms with Crippen LogP contribution in [0.25, 0.3) is 11.0 Å². The fourth-order valence-electron chi connectivity index (χ4n) is 2.62. The summed E-state index contributed by atoms with van der Waals surface area (Å²) in [5, 5.41) is 0.961. The first-order valence-electron chi connectivity index (χ1n) is 6.75. The van der Waals surface area contributed by atoms with Crippen LogP contribution in [-0.2, 0) is 11.2 Å². The Morgan fingerprint density at radius 3 is 3.10 bits per heavy atom. The summed E-state index contributed by atoms with van der Waals surface area (Å²) >= 11 is 0. The highest BCUT2D eigenvalue weighted by atomic mass is 16.5. The number of carbonyl (C=O) groups is 1. The Bertz CT molecular complexity index is 635. The molecule has 0 radical (unpaired) electrons. The van der Waals surface area contributed by atoms with Gasteiger partial charge in [0, 0.05) is 36.1 Å². The van der Waals surface area contributed by atoms with E-state index < -0.39 is 0 Å². The van der Waals surface area contributed by atoms with E-state index >= 15 is 0 Å². The molecule has 1 aliphatic heterocycles. The van der Waals surface area contributed by atoms with E-state index in [9.17, 15) is 4.79 Å². The maximum Gasteiger partial charge on any atom is 0.227 e. The van der Waals surface area contributed by atoms with Crippen molar-refractivity contribution < 1.29 is 13.9 Å². The summed E-state index contributed by atoms with van der Waals surface area (Å²) in [5.41, 5.74) is 7.48. The van der Waals surface area contributed by atoms with Crippen molar-refractivity contribution in [3.8, 4) is 5.75 Å². The number of hydrogen-bond donors (Lipinski definition) is 1. The van der Waals surface area contributed by atoms with Gasteiger partial charge in [-0.25, -0.2) is 0 Å². The van der Waals surface area contributed by atoms with Crippen LogP contribution in [0.5, 0.6) is 5.75 Å². The van der Waals surface area contributed by atoms with Gasteiger partial charge in [-0.15, -0.1) is 0 Å². The van der Waals surface area contributed by atoms with E-state index in [-0.39, 0.29) is 11.9 Å². The number of ether oxygens (including phenoxy) is 1. The summed E-state index contributed by atoms with van der Waals surface area (Å²) in [6, 6.07) is 5.74. The number of furan rings is 1. The molecule has 1 saturated heterocycles. The molecule has 1 atom stereocenters. The van der Waals surface area contributed by atoms with Crippen molar-refractivity contribution >= 4 is 16.9 Å². The van der Waals surface area contributed by atoms with Crippen molar-refractivity contribution in [2.75, 3.05) is 20.2 Å². The first-order valence-corrected chi connectivity index (χ1v) is 6.75. The van der Waals surface area contributed by atoms with Crippen molar-refractivity contribution in [3.63, 3.8) is 0 Å². The lowest BCUT2D eigenvalue weighted by atomic mass is 10.1. The SMILES string of the molecule is COc1ccc2c(CC(=O)N3CC[C@@H](N)C3)coc2c1. The molecule has 0 unspecified atom stereocenters. The molecule has 1 aromatic carbocycles. The highest BCUT2D eigenvalue weighted by Gasteiger charge is 2.24. The summed E-state index contributed by atoms with van der Waals surface area (Å²) in [5.74, 6) is 0.853. The van der Waals surface area contributed by atoms with Crippen LogP contribution in [0, 0.1) is 0 Å². The molecule has 1 amide bonds. The number of rotatable bonds is 3. The third-order valence-corrected chi connectivity index (χ3v) is 3.78. The van der Waals surface area contributed by atoms with Crippen molar-refractivity contribution in [2.24, 2.45) is 5.73 Å². The molecule has 20 heavy (non-hydrogen) atoms. The molecule has 0 spiro atoms. The van der Waals surface area contributed by atoms with Gasteiger partial charge in [0.2, 0.25) is 5.91 Å². The van der Waals surface area contributed by atoms with E-state index in [1.807, 2.05) is 23.1 Å². The molecule has 1 fully saturated rings. The van der Waals surface area contributed by atoms with Crippen LogP contribution in [0.15, 0.2) is 28.9 Å². The van der Waals surface area contributed by atoms with Crippen LogP contribution in [0.3, 0.4) is 0 Å². The van der Waals surface area contributed by atoms with E-state index in [0.29, 0.717) is 13.0 Å². The van der Waals surface area contributed by atoms with Crippen molar-refractivity contribution in [1.82, 2.24) is 4.90 Å². The van der Waals surface area contributed by atoms with Crippen molar-refractivity contribution in [1.29, 1.82) is 0 Å². The van der Waals surface area contributed by atoms with E-state index in [0.717, 1.165) is 35.2 Å². The Labute approximate surface area is 117 Å². The molecule has 1 aromatic heterocycles. The molecule has 2 aromatic rings. The van der Waals surface area contributed by atoms with E-state index in [1.165, 1.54) is 0 Å². The number of nitrogens with zero attached hydrogens (tertiary/aromatic N) is 1. The molecule has 0 aliphatic carbocycles. The predicted molar refractivity (Wildman–Crippen MR) is 75.6 cm³/mol. The number of fused-ring (bicyclic) bond motifs is 1. The fourth-order valence-corrected chi connectivity index (χ4v) is 2.62. The minimum atomic E-state index is 0.108. The zero-order valence-corrected chi connectivity index (χ0v) is 11.5. The molecule has 0 bridgehead atoms. The molecule has 3 rings (SSSR count). The van der Waals surface area contributed by atoms with Gasteiger partial charge in [-0.2, -0.15) is 0 Å². The second-order valence-electron chi connectivity index (χ2n) is 5.19. The number of likely N-dealkylation sites (tertiary alicyclic amines) is 1. The summed E-state index contributed by atoms with van der Waals surface area (Å²) in [7, 11) is 1.62. The highest BCUT2D eigenvalue weighted by Crippen LogP contribution is 2.26. The third kappa shape index (κ3) is 2.36. The minimum absolute atomic E-state index is 0.108. The molecule has 5 heteroatoms. The highest BCUT2D eigenvalue weighted by molar-refractivity contribution is 5.88. The summed E-state index contributed by atoms with van der Waals surface area (Å²) in [4.78, 5) is 14.1. The first kappa shape index (κ1) is 13.0. The smallest absolute Gasteiger partial charge is 0.227 e. The normalized spacial score (nSPS) is 18.7. The monoisotopic (exact) mass is 274 g/mol. The number of benzene rings is 1. The molecule has 106 valence electrons. The Morgan fingerprint density at radius 2 is 2.40 bits per heavy atom. The molecule has 5 nitrogen and oxygen atoms in total. The predicted octanol–water partition coefficient (Wildman–Crippen LogP) is 1.54. The van der Waals surface area contributed by atoms with Gasteiger partial charge in [0.15, 0.2) is 0 Å². The van der Waals surface area contributed by atoms with E-state index in [1.54, 1.807) is 13.4 Å². The summed E-state index contributed by atoms with van der Waals surface area (Å²) < 4.78 is 10.7. The maximum atomic E-state index is 12.2. The van der Waals surface area contributed by atoms with Crippen LogP contribution in [0.4, 0.5) is 0 Å². The number of amides is 1. The van der Waals surface area contributed by atoms with Crippen LogP contribution in [-0.4, -0.2) is 37.0 Å². The van der Waals surface area contributed by atoms with Crippen LogP contribution >= 0.6 is 0 Å². The fraction of sp³-hybridized carbons (Fsp3) is 0.400. The quantitative estimate of drug-likeness (QED) is 0.922. The van der Waals surface area contributed by atoms with Gasteiger partial charge in [-0.1, -0.05) is 0 Å². The Balaban J connectivity index is 1.79. The van der Waals surface area contributed by atoms with Crippen LogP contribution < -0.4 is 10.5 Å². The first-order chi connectivity index (χ1) is 9.67. The largest absolute Gasteiger partial charge is 0.497 e. The molecule has 2 N–H and O–H groups in total. The molecule has 1 aliphatic rings. The Hall–Kier alpha value is -2.01. The van der Waals surface area contributed by atoms with Gasteiger partial charge in [0.05, 0.1) is 19.8 Å². The number of nitrogens with two attached hydrogens (primary N) is 1. The minimum Gasteiger partial charge on any atom is -0.497 e. The number of methoxy groups -OCH3 is 1. The number of hydrogen-bond acceptors (Lipinski definition) is 4. The van der Waals surface area contributed by atoms with Crippen LogP contribution in [0.2, 0.25) is 0 Å².